The van der Waals surface area contributed by atoms with E-state index in [0.717, 1.165) is 29.2 Å². The van der Waals surface area contributed by atoms with Crippen LogP contribution in [0.2, 0.25) is 0 Å². The minimum atomic E-state index is 0. The second-order valence-electron chi connectivity index (χ2n) is 6.71. The van der Waals surface area contributed by atoms with Crippen LogP contribution in [0, 0.1) is 17.8 Å². The van der Waals surface area contributed by atoms with Crippen molar-refractivity contribution in [3.8, 4) is 0 Å². The van der Waals surface area contributed by atoms with Crippen molar-refractivity contribution in [2.45, 2.75) is 34.7 Å². The first-order valence-electron chi connectivity index (χ1n) is 8.22. The molecular formula is C18H41N5O2S. The van der Waals surface area contributed by atoms with Crippen molar-refractivity contribution in [2.75, 3.05) is 30.8 Å². The number of hydrogen-bond donors (Lipinski definition) is 1. The van der Waals surface area contributed by atoms with Crippen molar-refractivity contribution in [1.82, 2.24) is 19.1 Å². The lowest BCUT2D eigenvalue weighted by atomic mass is 10.1. The molecule has 1 saturated carbocycles. The zero-order chi connectivity index (χ0) is 15.4. The highest BCUT2D eigenvalue weighted by Crippen LogP contribution is 2.56. The van der Waals surface area contributed by atoms with Crippen molar-refractivity contribution >= 4 is 28.8 Å². The molecule has 0 aromatic carbocycles. The van der Waals surface area contributed by atoms with Gasteiger partial charge in [-0.3, -0.25) is 4.31 Å². The maximum atomic E-state index is 4.72. The van der Waals surface area contributed by atoms with Crippen LogP contribution in [0.4, 0.5) is 5.82 Å². The third kappa shape index (κ3) is 3.74. The van der Waals surface area contributed by atoms with E-state index in [-0.39, 0.29) is 28.7 Å². The molecule has 2 fully saturated rings. The number of nitrogens with one attached hydrogen (secondary N) is 1. The van der Waals surface area contributed by atoms with Crippen LogP contribution in [-0.2, 0) is 7.05 Å². The molecule has 0 bridgehead atoms. The number of H-pyrrole nitrogens is 1. The molecule has 2 aromatic heterocycles. The molecule has 5 N–H and O–H groups in total. The number of piperidine rings is 1. The molecule has 1 aliphatic heterocycles. The van der Waals surface area contributed by atoms with Crippen LogP contribution in [0.15, 0.2) is 12.3 Å². The number of fused-ring (bicyclic) bond motifs is 2. The quantitative estimate of drug-likeness (QED) is 0.791. The molecule has 7 nitrogen and oxygen atoms in total. The van der Waals surface area contributed by atoms with Gasteiger partial charge in [-0.15, -0.1) is 0 Å². The minimum absolute atomic E-state index is 0. The average Bonchev–Trinajstić information content (AvgIpc) is 2.93. The van der Waals surface area contributed by atoms with E-state index in [0.29, 0.717) is 6.04 Å². The summed E-state index contributed by atoms with van der Waals surface area (Å²) in [7, 11) is 4.21. The SMILES string of the molecule is C.C.CCSN1CC2C(C(C)N(C)c3nn(C)c4[nH]ccc34)[C@@H]2C1.O.O.[HH].[HH]. The minimum Gasteiger partial charge on any atom is -0.412 e. The van der Waals surface area contributed by atoms with Gasteiger partial charge in [-0.25, -0.2) is 4.68 Å². The van der Waals surface area contributed by atoms with Crippen molar-refractivity contribution in [1.29, 1.82) is 0 Å². The highest BCUT2D eigenvalue weighted by Gasteiger charge is 2.58. The Morgan fingerprint density at radius 1 is 1.35 bits per heavy atom. The molecule has 156 valence electrons. The molecule has 8 heteroatoms. The number of hydrogen-bond acceptors (Lipinski definition) is 4. The Morgan fingerprint density at radius 3 is 2.54 bits per heavy atom. The summed E-state index contributed by atoms with van der Waals surface area (Å²) < 4.78 is 4.50. The lowest BCUT2D eigenvalue weighted by Crippen LogP contribution is -2.34. The lowest BCUT2D eigenvalue weighted by molar-refractivity contribution is 0.422. The fourth-order valence-corrected chi connectivity index (χ4v) is 5.22. The summed E-state index contributed by atoms with van der Waals surface area (Å²) >= 11 is 2.00. The van der Waals surface area contributed by atoms with Gasteiger partial charge in [0.2, 0.25) is 0 Å². The van der Waals surface area contributed by atoms with Crippen LogP contribution in [0.3, 0.4) is 0 Å². The van der Waals surface area contributed by atoms with Gasteiger partial charge >= 0.3 is 0 Å². The molecule has 4 atom stereocenters. The maximum absolute atomic E-state index is 4.72. The van der Waals surface area contributed by atoms with Crippen LogP contribution < -0.4 is 4.90 Å². The summed E-state index contributed by atoms with van der Waals surface area (Å²) in [6.45, 7) is 7.15. The number of nitrogens with zero attached hydrogens (tertiary/aromatic N) is 4. The van der Waals surface area contributed by atoms with E-state index in [4.69, 9.17) is 5.10 Å². The highest BCUT2D eigenvalue weighted by molar-refractivity contribution is 7.96. The predicted octanol–water partition coefficient (Wildman–Crippen LogP) is 2.69. The second-order valence-corrected chi connectivity index (χ2v) is 8.06. The Labute approximate surface area is 164 Å². The summed E-state index contributed by atoms with van der Waals surface area (Å²) in [4.78, 5) is 5.66. The van der Waals surface area contributed by atoms with E-state index in [1.165, 1.54) is 24.2 Å². The van der Waals surface area contributed by atoms with Crippen LogP contribution in [0.25, 0.3) is 11.0 Å². The molecule has 3 unspecified atom stereocenters. The van der Waals surface area contributed by atoms with E-state index < -0.39 is 0 Å². The number of anilines is 1. The third-order valence-electron chi connectivity index (χ3n) is 5.57. The Hall–Kier alpha value is -1.22. The monoisotopic (exact) mass is 391 g/mol. The molecule has 0 amide bonds. The van der Waals surface area contributed by atoms with E-state index in [1.807, 2.05) is 29.9 Å². The number of aromatic amines is 1. The zero-order valence-corrected chi connectivity index (χ0v) is 15.6. The molecule has 4 rings (SSSR count). The van der Waals surface area contributed by atoms with Gasteiger partial charge in [0.1, 0.15) is 5.65 Å². The Morgan fingerprint density at radius 2 is 1.96 bits per heavy atom. The number of rotatable bonds is 5. The highest BCUT2D eigenvalue weighted by atomic mass is 32.2. The van der Waals surface area contributed by atoms with Crippen molar-refractivity contribution in [2.24, 2.45) is 24.8 Å². The van der Waals surface area contributed by atoms with Crippen LogP contribution in [-0.4, -0.2) is 62.0 Å². The van der Waals surface area contributed by atoms with Gasteiger partial charge in [0.25, 0.3) is 0 Å². The largest absolute Gasteiger partial charge is 0.412 e. The molecule has 0 radical (unpaired) electrons. The van der Waals surface area contributed by atoms with Gasteiger partial charge in [-0.2, -0.15) is 5.10 Å². The number of aromatic nitrogens is 3. The first-order valence-corrected chi connectivity index (χ1v) is 9.16. The first kappa shape index (κ1) is 24.8. The lowest BCUT2D eigenvalue weighted by Gasteiger charge is -2.28. The molecule has 3 heterocycles. The zero-order valence-electron chi connectivity index (χ0n) is 14.8. The normalized spacial score (nSPS) is 24.5. The fraction of sp³-hybridized carbons (Fsp3) is 0.722. The van der Waals surface area contributed by atoms with Gasteiger partial charge in [0.05, 0.1) is 5.39 Å². The number of aryl methyl sites for hydroxylation is 1. The van der Waals surface area contributed by atoms with Crippen LogP contribution >= 0.6 is 11.9 Å². The van der Waals surface area contributed by atoms with Gasteiger partial charge in [-0.05, 0) is 30.7 Å². The predicted molar refractivity (Wildman–Crippen MR) is 118 cm³/mol. The van der Waals surface area contributed by atoms with Crippen molar-refractivity contribution < 1.29 is 13.8 Å². The second kappa shape index (κ2) is 9.12. The summed E-state index contributed by atoms with van der Waals surface area (Å²) in [5.74, 6) is 4.91. The molecule has 0 spiro atoms. The van der Waals surface area contributed by atoms with E-state index in [1.54, 1.807) is 0 Å². The molecule has 1 aliphatic carbocycles. The maximum Gasteiger partial charge on any atom is 0.160 e. The molecule has 1 saturated heterocycles. The van der Waals surface area contributed by atoms with Crippen molar-refractivity contribution in [3.05, 3.63) is 12.3 Å². The summed E-state index contributed by atoms with van der Waals surface area (Å²) in [5, 5.41) is 5.94. The van der Waals surface area contributed by atoms with Crippen LogP contribution in [0.1, 0.15) is 31.6 Å². The fourth-order valence-electron chi connectivity index (χ4n) is 4.30. The Kier molecular flexibility index (Phi) is 8.69. The Bertz CT molecular complexity index is 687. The smallest absolute Gasteiger partial charge is 0.160 e. The molecule has 2 aliphatic rings. The topological polar surface area (TPSA) is 103 Å². The molecular weight excluding hydrogens is 350 g/mol. The summed E-state index contributed by atoms with van der Waals surface area (Å²) in [5.41, 5.74) is 1.11. The van der Waals surface area contributed by atoms with Crippen LogP contribution in [0.5, 0.6) is 0 Å². The van der Waals surface area contributed by atoms with Crippen molar-refractivity contribution in [3.63, 3.8) is 0 Å². The van der Waals surface area contributed by atoms with E-state index >= 15 is 0 Å². The van der Waals surface area contributed by atoms with Gasteiger partial charge in [0.15, 0.2) is 5.82 Å². The molecule has 26 heavy (non-hydrogen) atoms. The Balaban J connectivity index is -0.00000104. The average molecular weight is 392 g/mol. The van der Waals surface area contributed by atoms with Gasteiger partial charge < -0.3 is 20.8 Å². The first-order chi connectivity index (χ1) is 10.6. The third-order valence-corrected chi connectivity index (χ3v) is 6.50. The van der Waals surface area contributed by atoms with E-state index in [2.05, 4.69) is 41.2 Å². The summed E-state index contributed by atoms with van der Waals surface area (Å²) in [6, 6.07) is 2.69. The van der Waals surface area contributed by atoms with Gasteiger partial charge in [0, 0.05) is 48.0 Å². The van der Waals surface area contributed by atoms with E-state index in [9.17, 15) is 0 Å². The standard InChI is InChI=1S/C16H25N5S.2CH4.2H2O.2H2/c1-5-22-21-8-12-13(9-21)14(12)10(2)19(3)16-11-6-7-17-15(11)20(4)18-16;;;;;;/h6-7,10,12-14,17H,5,8-9H2,1-4H3;2*1H4;2*1H2;2*1H/t10?,12-,13?,14?;;;;;;/m1....../s1. The summed E-state index contributed by atoms with van der Waals surface area (Å²) in [6.07, 6.45) is 2.00. The molecule has 2 aromatic rings. The van der Waals surface area contributed by atoms with Gasteiger partial charge in [-0.1, -0.05) is 33.7 Å².